The third-order valence-corrected chi connectivity index (χ3v) is 2.11. The lowest BCUT2D eigenvalue weighted by molar-refractivity contribution is -0.177. The molecule has 0 saturated carbocycles. The summed E-state index contributed by atoms with van der Waals surface area (Å²) in [6.45, 7) is 3.54. The summed E-state index contributed by atoms with van der Waals surface area (Å²) >= 11 is 0. The second-order valence-corrected chi connectivity index (χ2v) is 4.80. The molecule has 1 heterocycles. The van der Waals surface area contributed by atoms with Crippen molar-refractivity contribution in [2.75, 3.05) is 6.61 Å². The fourth-order valence-electron chi connectivity index (χ4n) is 1.58. The molecule has 0 unspecified atom stereocenters. The zero-order chi connectivity index (χ0) is 14.0. The Hall–Kier alpha value is -1.15. The van der Waals surface area contributed by atoms with Crippen LogP contribution >= 0.6 is 0 Å². The van der Waals surface area contributed by atoms with Crippen LogP contribution in [0.25, 0.3) is 0 Å². The third-order valence-electron chi connectivity index (χ3n) is 2.11. The van der Waals surface area contributed by atoms with Crippen LogP contribution in [0.3, 0.4) is 0 Å². The first-order valence-corrected chi connectivity index (χ1v) is 5.34. The Morgan fingerprint density at radius 2 is 1.72 bits per heavy atom. The van der Waals surface area contributed by atoms with Crippen molar-refractivity contribution in [2.45, 2.75) is 45.7 Å². The molecule has 1 rings (SSSR count). The van der Waals surface area contributed by atoms with Gasteiger partial charge in [-0.05, 0) is 20.8 Å². The summed E-state index contributed by atoms with van der Waals surface area (Å²) in [6.07, 6.45) is -4.37. The van der Waals surface area contributed by atoms with Gasteiger partial charge in [-0.15, -0.1) is 10.2 Å². The van der Waals surface area contributed by atoms with Crippen molar-refractivity contribution in [1.82, 2.24) is 14.8 Å². The number of aromatic nitrogens is 3. The highest BCUT2D eigenvalue weighted by Gasteiger charge is 2.28. The van der Waals surface area contributed by atoms with E-state index in [4.69, 9.17) is 5.11 Å². The van der Waals surface area contributed by atoms with E-state index < -0.39 is 18.3 Å². The molecule has 0 atom stereocenters. The lowest BCUT2D eigenvalue weighted by Gasteiger charge is -2.24. The van der Waals surface area contributed by atoms with Crippen LogP contribution in [-0.2, 0) is 23.5 Å². The van der Waals surface area contributed by atoms with E-state index in [0.29, 0.717) is 5.82 Å². The van der Waals surface area contributed by atoms with Crippen LogP contribution in [0.1, 0.15) is 32.4 Å². The zero-order valence-electron chi connectivity index (χ0n) is 10.5. The molecule has 0 aliphatic carbocycles. The topological polar surface area (TPSA) is 60.2 Å². The second-order valence-electron chi connectivity index (χ2n) is 4.80. The molecule has 1 aromatic heterocycles. The molecule has 0 radical (unpaired) electrons. The van der Waals surface area contributed by atoms with E-state index in [0.717, 1.165) is 0 Å². The van der Waals surface area contributed by atoms with Gasteiger partial charge in [0, 0.05) is 5.54 Å². The van der Waals surface area contributed by atoms with Gasteiger partial charge in [-0.2, -0.15) is 13.2 Å². The molecule has 104 valence electrons. The Kier molecular flexibility index (Phi) is 4.33. The van der Waals surface area contributed by atoms with Crippen molar-refractivity contribution >= 4 is 0 Å². The predicted octanol–water partition coefficient (Wildman–Crippen LogP) is 1.60. The molecule has 0 aliphatic rings. The van der Waals surface area contributed by atoms with E-state index in [1.54, 1.807) is 4.57 Å². The summed E-state index contributed by atoms with van der Waals surface area (Å²) in [5.41, 5.74) is -0.446. The Bertz CT molecular complexity index is 396. The van der Waals surface area contributed by atoms with E-state index in [1.165, 1.54) is 0 Å². The largest absolute Gasteiger partial charge is 0.411 e. The zero-order valence-corrected chi connectivity index (χ0v) is 10.5. The van der Waals surface area contributed by atoms with Gasteiger partial charge in [0.05, 0.1) is 0 Å². The first-order valence-electron chi connectivity index (χ1n) is 5.34. The molecule has 1 aromatic rings. The minimum atomic E-state index is -4.37. The minimum absolute atomic E-state index is 0.260. The van der Waals surface area contributed by atoms with Crippen LogP contribution in [-0.4, -0.2) is 32.7 Å². The summed E-state index contributed by atoms with van der Waals surface area (Å²) in [6, 6.07) is 0. The van der Waals surface area contributed by atoms with Crippen LogP contribution < -0.4 is 0 Å². The Labute approximate surface area is 103 Å². The molecule has 0 spiro atoms. The van der Waals surface area contributed by atoms with E-state index in [-0.39, 0.29) is 19.0 Å². The first-order chi connectivity index (χ1) is 8.15. The van der Waals surface area contributed by atoms with Crippen LogP contribution in [0.2, 0.25) is 0 Å². The minimum Gasteiger partial charge on any atom is -0.388 e. The molecule has 0 aliphatic heterocycles. The van der Waals surface area contributed by atoms with Crippen molar-refractivity contribution in [2.24, 2.45) is 0 Å². The van der Waals surface area contributed by atoms with Crippen LogP contribution in [0.4, 0.5) is 13.2 Å². The van der Waals surface area contributed by atoms with Crippen molar-refractivity contribution in [3.63, 3.8) is 0 Å². The van der Waals surface area contributed by atoms with Crippen LogP contribution in [0.15, 0.2) is 0 Å². The molecule has 18 heavy (non-hydrogen) atoms. The molecule has 5 nitrogen and oxygen atoms in total. The van der Waals surface area contributed by atoms with Gasteiger partial charge >= 0.3 is 6.18 Å². The number of alkyl halides is 3. The summed E-state index contributed by atoms with van der Waals surface area (Å²) in [4.78, 5) is 0. The molecule has 0 saturated heterocycles. The number of nitrogens with zero attached hydrogens (tertiary/aromatic N) is 3. The maximum absolute atomic E-state index is 12.0. The lowest BCUT2D eigenvalue weighted by atomic mass is 10.1. The van der Waals surface area contributed by atoms with E-state index in [1.807, 2.05) is 20.8 Å². The van der Waals surface area contributed by atoms with E-state index in [9.17, 15) is 13.2 Å². The van der Waals surface area contributed by atoms with Gasteiger partial charge in [0.1, 0.15) is 19.8 Å². The summed E-state index contributed by atoms with van der Waals surface area (Å²) in [5.74, 6) is 0.559. The lowest BCUT2D eigenvalue weighted by Crippen LogP contribution is -2.27. The maximum Gasteiger partial charge on any atom is 0.411 e. The Morgan fingerprint density at radius 1 is 1.17 bits per heavy atom. The fourth-order valence-corrected chi connectivity index (χ4v) is 1.58. The number of aliphatic hydroxyl groups is 1. The van der Waals surface area contributed by atoms with Crippen LogP contribution in [0.5, 0.6) is 0 Å². The number of ether oxygens (including phenoxy) is 1. The molecule has 0 bridgehead atoms. The SMILES string of the molecule is CC(C)(C)n1c(CO)nnc1COCC(F)(F)F. The quantitative estimate of drug-likeness (QED) is 0.900. The number of hydrogen-bond donors (Lipinski definition) is 1. The van der Waals surface area contributed by atoms with Gasteiger partial charge in [0.15, 0.2) is 11.6 Å². The van der Waals surface area contributed by atoms with Gasteiger partial charge in [-0.25, -0.2) is 0 Å². The molecular formula is C10H16F3N3O2. The van der Waals surface area contributed by atoms with Gasteiger partial charge in [0.25, 0.3) is 0 Å². The average molecular weight is 267 g/mol. The number of halogens is 3. The number of hydrogen-bond acceptors (Lipinski definition) is 4. The van der Waals surface area contributed by atoms with Gasteiger partial charge in [0.2, 0.25) is 0 Å². The smallest absolute Gasteiger partial charge is 0.388 e. The first kappa shape index (κ1) is 14.9. The highest BCUT2D eigenvalue weighted by Crippen LogP contribution is 2.20. The predicted molar refractivity (Wildman–Crippen MR) is 56.7 cm³/mol. The van der Waals surface area contributed by atoms with Crippen molar-refractivity contribution in [3.8, 4) is 0 Å². The van der Waals surface area contributed by atoms with E-state index in [2.05, 4.69) is 14.9 Å². The molecular weight excluding hydrogens is 251 g/mol. The monoisotopic (exact) mass is 267 g/mol. The summed E-state index contributed by atoms with van der Waals surface area (Å²) in [7, 11) is 0. The molecule has 0 aromatic carbocycles. The molecule has 0 fully saturated rings. The molecule has 8 heteroatoms. The Morgan fingerprint density at radius 3 is 2.17 bits per heavy atom. The summed E-state index contributed by atoms with van der Waals surface area (Å²) in [5, 5.41) is 16.6. The number of aliphatic hydroxyl groups excluding tert-OH is 1. The molecule has 0 amide bonds. The number of rotatable bonds is 4. The highest BCUT2D eigenvalue weighted by molar-refractivity contribution is 4.99. The Balaban J connectivity index is 2.81. The third kappa shape index (κ3) is 3.95. The normalized spacial score (nSPS) is 13.1. The standard InChI is InChI=1S/C10H16F3N3O2/c1-9(2,3)16-7(4-17)14-15-8(16)5-18-6-10(11,12)13/h17H,4-6H2,1-3H3. The fraction of sp³-hybridized carbons (Fsp3) is 0.800. The average Bonchev–Trinajstić information content (AvgIpc) is 2.58. The molecule has 1 N–H and O–H groups in total. The van der Waals surface area contributed by atoms with Gasteiger partial charge in [-0.3, -0.25) is 0 Å². The van der Waals surface area contributed by atoms with Crippen molar-refractivity contribution in [1.29, 1.82) is 0 Å². The highest BCUT2D eigenvalue weighted by atomic mass is 19.4. The van der Waals surface area contributed by atoms with E-state index >= 15 is 0 Å². The second kappa shape index (κ2) is 5.23. The van der Waals surface area contributed by atoms with Crippen LogP contribution in [0, 0.1) is 0 Å². The van der Waals surface area contributed by atoms with Crippen molar-refractivity contribution < 1.29 is 23.0 Å². The summed E-state index contributed by atoms with van der Waals surface area (Å²) < 4.78 is 42.0. The van der Waals surface area contributed by atoms with Gasteiger partial charge in [-0.1, -0.05) is 0 Å². The van der Waals surface area contributed by atoms with Crippen molar-refractivity contribution in [3.05, 3.63) is 11.6 Å². The van der Waals surface area contributed by atoms with Gasteiger partial charge < -0.3 is 14.4 Å². The maximum atomic E-state index is 12.0.